The first-order chi connectivity index (χ1) is 13.7. The van der Waals surface area contributed by atoms with Gasteiger partial charge in [0.25, 0.3) is 0 Å². The van der Waals surface area contributed by atoms with Crippen LogP contribution in [0.3, 0.4) is 0 Å². The number of anilines is 3. The van der Waals surface area contributed by atoms with E-state index in [-0.39, 0.29) is 16.9 Å². The molecule has 0 atom stereocenters. The van der Waals surface area contributed by atoms with Crippen molar-refractivity contribution in [2.24, 2.45) is 0 Å². The smallest absolute Gasteiger partial charge is 0.232 e. The second-order valence-corrected chi connectivity index (χ2v) is 8.60. The van der Waals surface area contributed by atoms with Crippen LogP contribution in [-0.4, -0.2) is 40.7 Å². The van der Waals surface area contributed by atoms with Gasteiger partial charge in [-0.25, -0.2) is 13.4 Å². The number of nitrogens with zero attached hydrogens (tertiary/aromatic N) is 4. The van der Waals surface area contributed by atoms with Crippen LogP contribution in [0.2, 0.25) is 0 Å². The molecular formula is C20H20N6O2S. The van der Waals surface area contributed by atoms with E-state index in [0.717, 1.165) is 6.26 Å². The standard InChI is InChI=1S/C20H20N6O2S/c1-5-14-8-7-11-17(22-14)18-24-19(21-13(2)3)26-20(25-18)23-15-9-6-10-16(12-15)29(4,27)28/h1,6-13H,2-4H3,(H2,21,23,24,25,26). The number of aromatic nitrogens is 4. The average molecular weight is 408 g/mol. The van der Waals surface area contributed by atoms with Gasteiger partial charge in [0.1, 0.15) is 11.4 Å². The molecule has 3 aromatic rings. The zero-order valence-corrected chi connectivity index (χ0v) is 17.0. The summed E-state index contributed by atoms with van der Waals surface area (Å²) in [4.78, 5) is 17.8. The summed E-state index contributed by atoms with van der Waals surface area (Å²) in [5, 5.41) is 6.17. The Bertz CT molecular complexity index is 1190. The van der Waals surface area contributed by atoms with Gasteiger partial charge in [-0.1, -0.05) is 18.1 Å². The Morgan fingerprint density at radius 2 is 1.72 bits per heavy atom. The fraction of sp³-hybridized carbons (Fsp3) is 0.200. The maximum atomic E-state index is 11.8. The highest BCUT2D eigenvalue weighted by Gasteiger charge is 2.13. The Hall–Kier alpha value is -3.51. The molecule has 0 aliphatic carbocycles. The predicted octanol–water partition coefficient (Wildman–Crippen LogP) is 2.88. The number of terminal acetylenes is 1. The third-order valence-corrected chi connectivity index (χ3v) is 4.81. The SMILES string of the molecule is C#Cc1cccc(-c2nc(Nc3cccc(S(C)(=O)=O)c3)nc(NC(C)C)n2)n1. The summed E-state index contributed by atoms with van der Waals surface area (Å²) in [7, 11) is -3.33. The van der Waals surface area contributed by atoms with E-state index in [0.29, 0.717) is 28.8 Å². The van der Waals surface area contributed by atoms with Gasteiger partial charge in [-0.2, -0.15) is 15.0 Å². The van der Waals surface area contributed by atoms with Crippen molar-refractivity contribution in [3.05, 3.63) is 48.2 Å². The van der Waals surface area contributed by atoms with Crippen LogP contribution >= 0.6 is 0 Å². The summed E-state index contributed by atoms with van der Waals surface area (Å²) in [5.74, 6) is 3.43. The Morgan fingerprint density at radius 3 is 2.41 bits per heavy atom. The van der Waals surface area contributed by atoms with Crippen molar-refractivity contribution in [1.82, 2.24) is 19.9 Å². The van der Waals surface area contributed by atoms with Crippen molar-refractivity contribution in [1.29, 1.82) is 0 Å². The second-order valence-electron chi connectivity index (χ2n) is 6.58. The van der Waals surface area contributed by atoms with Gasteiger partial charge in [0.2, 0.25) is 11.9 Å². The zero-order valence-electron chi connectivity index (χ0n) is 16.2. The van der Waals surface area contributed by atoms with Crippen molar-refractivity contribution in [2.75, 3.05) is 16.9 Å². The van der Waals surface area contributed by atoms with E-state index < -0.39 is 9.84 Å². The monoisotopic (exact) mass is 408 g/mol. The lowest BCUT2D eigenvalue weighted by atomic mass is 10.3. The van der Waals surface area contributed by atoms with Crippen molar-refractivity contribution < 1.29 is 8.42 Å². The molecular weight excluding hydrogens is 388 g/mol. The summed E-state index contributed by atoms with van der Waals surface area (Å²) in [5.41, 5.74) is 1.50. The maximum absolute atomic E-state index is 11.8. The molecule has 2 heterocycles. The molecule has 3 rings (SSSR count). The van der Waals surface area contributed by atoms with Crippen molar-refractivity contribution in [3.63, 3.8) is 0 Å². The predicted molar refractivity (Wildman–Crippen MR) is 113 cm³/mol. The van der Waals surface area contributed by atoms with Gasteiger partial charge in [-0.05, 0) is 44.2 Å². The largest absolute Gasteiger partial charge is 0.352 e. The molecule has 0 radical (unpaired) electrons. The molecule has 8 nitrogen and oxygen atoms in total. The van der Waals surface area contributed by atoms with Crippen LogP contribution in [0.1, 0.15) is 19.5 Å². The molecule has 0 saturated carbocycles. The van der Waals surface area contributed by atoms with E-state index in [2.05, 4.69) is 36.5 Å². The number of rotatable bonds is 6. The normalized spacial score (nSPS) is 11.1. The number of benzene rings is 1. The van der Waals surface area contributed by atoms with Crippen LogP contribution < -0.4 is 10.6 Å². The molecule has 0 fully saturated rings. The first kappa shape index (κ1) is 20.2. The number of hydrogen-bond donors (Lipinski definition) is 2. The summed E-state index contributed by atoms with van der Waals surface area (Å²) >= 11 is 0. The van der Waals surface area contributed by atoms with E-state index in [1.807, 2.05) is 13.8 Å². The molecule has 148 valence electrons. The Balaban J connectivity index is 2.03. The molecule has 2 N–H and O–H groups in total. The highest BCUT2D eigenvalue weighted by Crippen LogP contribution is 2.21. The molecule has 29 heavy (non-hydrogen) atoms. The van der Waals surface area contributed by atoms with Crippen LogP contribution in [0.4, 0.5) is 17.6 Å². The third-order valence-electron chi connectivity index (χ3n) is 3.70. The summed E-state index contributed by atoms with van der Waals surface area (Å²) < 4.78 is 23.6. The molecule has 0 bridgehead atoms. The van der Waals surface area contributed by atoms with E-state index >= 15 is 0 Å². The lowest BCUT2D eigenvalue weighted by Crippen LogP contribution is -2.14. The van der Waals surface area contributed by atoms with Gasteiger partial charge in [0, 0.05) is 18.0 Å². The topological polar surface area (TPSA) is 110 Å². The van der Waals surface area contributed by atoms with Crippen molar-refractivity contribution in [3.8, 4) is 23.9 Å². The number of nitrogens with one attached hydrogen (secondary N) is 2. The Morgan fingerprint density at radius 1 is 1.00 bits per heavy atom. The fourth-order valence-electron chi connectivity index (χ4n) is 2.44. The van der Waals surface area contributed by atoms with Gasteiger partial charge >= 0.3 is 0 Å². The molecule has 0 amide bonds. The van der Waals surface area contributed by atoms with Gasteiger partial charge in [-0.15, -0.1) is 6.42 Å². The maximum Gasteiger partial charge on any atom is 0.232 e. The van der Waals surface area contributed by atoms with Crippen molar-refractivity contribution >= 4 is 27.4 Å². The molecule has 0 saturated heterocycles. The Labute approximate surface area is 169 Å². The molecule has 2 aromatic heterocycles. The third kappa shape index (κ3) is 5.27. The molecule has 0 unspecified atom stereocenters. The Kier molecular flexibility index (Phi) is 5.75. The van der Waals surface area contributed by atoms with Gasteiger partial charge in [0.15, 0.2) is 15.7 Å². The first-order valence-corrected chi connectivity index (χ1v) is 10.7. The minimum atomic E-state index is -3.33. The summed E-state index contributed by atoms with van der Waals surface area (Å²) in [6.45, 7) is 3.92. The zero-order chi connectivity index (χ0) is 21.0. The minimum absolute atomic E-state index is 0.0941. The van der Waals surface area contributed by atoms with E-state index in [1.54, 1.807) is 30.3 Å². The van der Waals surface area contributed by atoms with Gasteiger partial charge in [0.05, 0.1) is 4.90 Å². The quantitative estimate of drug-likeness (QED) is 0.599. The van der Waals surface area contributed by atoms with E-state index in [4.69, 9.17) is 6.42 Å². The van der Waals surface area contributed by atoms with Crippen LogP contribution in [-0.2, 0) is 9.84 Å². The summed E-state index contributed by atoms with van der Waals surface area (Å²) in [6, 6.07) is 11.8. The lowest BCUT2D eigenvalue weighted by molar-refractivity contribution is 0.602. The van der Waals surface area contributed by atoms with Crippen LogP contribution in [0.5, 0.6) is 0 Å². The van der Waals surface area contributed by atoms with Gasteiger partial charge < -0.3 is 10.6 Å². The number of hydrogen-bond acceptors (Lipinski definition) is 8. The first-order valence-electron chi connectivity index (χ1n) is 8.78. The molecule has 9 heteroatoms. The van der Waals surface area contributed by atoms with Crippen LogP contribution in [0, 0.1) is 12.3 Å². The van der Waals surface area contributed by atoms with Crippen LogP contribution in [0.25, 0.3) is 11.5 Å². The molecule has 0 aliphatic heterocycles. The molecule has 0 aliphatic rings. The van der Waals surface area contributed by atoms with E-state index in [1.165, 1.54) is 12.1 Å². The second kappa shape index (κ2) is 8.24. The average Bonchev–Trinajstić information content (AvgIpc) is 2.67. The highest BCUT2D eigenvalue weighted by atomic mass is 32.2. The highest BCUT2D eigenvalue weighted by molar-refractivity contribution is 7.90. The van der Waals surface area contributed by atoms with Crippen molar-refractivity contribution in [2.45, 2.75) is 24.8 Å². The number of pyridine rings is 1. The van der Waals surface area contributed by atoms with Gasteiger partial charge in [-0.3, -0.25) is 0 Å². The minimum Gasteiger partial charge on any atom is -0.352 e. The molecule has 0 spiro atoms. The number of sulfone groups is 1. The fourth-order valence-corrected chi connectivity index (χ4v) is 3.11. The summed E-state index contributed by atoms with van der Waals surface area (Å²) in [6.07, 6.45) is 6.59. The lowest BCUT2D eigenvalue weighted by Gasteiger charge is -2.12. The molecule has 1 aromatic carbocycles. The van der Waals surface area contributed by atoms with Crippen LogP contribution in [0.15, 0.2) is 47.4 Å². The van der Waals surface area contributed by atoms with E-state index in [9.17, 15) is 8.42 Å².